The van der Waals surface area contributed by atoms with E-state index in [0.29, 0.717) is 12.8 Å². The van der Waals surface area contributed by atoms with E-state index >= 15 is 0 Å². The minimum atomic E-state index is -1.30. The van der Waals surface area contributed by atoms with E-state index in [1.807, 2.05) is 13.8 Å². The summed E-state index contributed by atoms with van der Waals surface area (Å²) in [7, 11) is 0. The molecule has 0 aliphatic carbocycles. The molecule has 0 aromatic heterocycles. The van der Waals surface area contributed by atoms with Gasteiger partial charge in [0.15, 0.2) is 0 Å². The molecule has 6 nitrogen and oxygen atoms in total. The summed E-state index contributed by atoms with van der Waals surface area (Å²) >= 11 is 0. The molecule has 1 N–H and O–H groups in total. The van der Waals surface area contributed by atoms with E-state index in [9.17, 15) is 14.4 Å². The summed E-state index contributed by atoms with van der Waals surface area (Å²) in [6.07, 6.45) is 1.30. The highest BCUT2D eigenvalue weighted by molar-refractivity contribution is 6.04. The van der Waals surface area contributed by atoms with Gasteiger partial charge in [-0.2, -0.15) is 0 Å². The molecule has 0 amide bonds. The van der Waals surface area contributed by atoms with Crippen LogP contribution in [0.15, 0.2) is 18.2 Å². The third-order valence-corrected chi connectivity index (χ3v) is 2.58. The van der Waals surface area contributed by atoms with Crippen LogP contribution in [0.5, 0.6) is 0 Å². The maximum absolute atomic E-state index is 11.8. The smallest absolute Gasteiger partial charge is 0.339 e. The number of ether oxygens (including phenoxy) is 2. The molecule has 0 heterocycles. The van der Waals surface area contributed by atoms with Gasteiger partial charge >= 0.3 is 17.9 Å². The molecule has 0 saturated carbocycles. The molecular weight excluding hydrogens is 276 g/mol. The van der Waals surface area contributed by atoms with Gasteiger partial charge in [0.25, 0.3) is 0 Å². The number of carboxylic acids is 1. The molecule has 21 heavy (non-hydrogen) atoms. The Labute approximate surface area is 122 Å². The predicted molar refractivity (Wildman–Crippen MR) is 74.5 cm³/mol. The Bertz CT molecular complexity index is 535. The second-order valence-electron chi connectivity index (χ2n) is 4.34. The van der Waals surface area contributed by atoms with Gasteiger partial charge in [-0.05, 0) is 31.0 Å². The molecule has 1 aromatic rings. The van der Waals surface area contributed by atoms with E-state index in [1.54, 1.807) is 0 Å². The Morgan fingerprint density at radius 1 is 0.952 bits per heavy atom. The number of hydrogen-bond acceptors (Lipinski definition) is 5. The van der Waals surface area contributed by atoms with E-state index in [-0.39, 0.29) is 29.9 Å². The van der Waals surface area contributed by atoms with Crippen LogP contribution in [0.2, 0.25) is 0 Å². The van der Waals surface area contributed by atoms with Crippen molar-refractivity contribution < 1.29 is 29.0 Å². The average Bonchev–Trinajstić information content (AvgIpc) is 2.49. The molecule has 114 valence electrons. The third kappa shape index (κ3) is 4.59. The molecule has 0 bridgehead atoms. The van der Waals surface area contributed by atoms with Gasteiger partial charge < -0.3 is 14.6 Å². The van der Waals surface area contributed by atoms with Gasteiger partial charge in [-0.15, -0.1) is 0 Å². The van der Waals surface area contributed by atoms with Gasteiger partial charge in [0, 0.05) is 0 Å². The van der Waals surface area contributed by atoms with E-state index in [1.165, 1.54) is 12.1 Å². The van der Waals surface area contributed by atoms with E-state index in [0.717, 1.165) is 6.07 Å². The summed E-state index contributed by atoms with van der Waals surface area (Å²) in [5.74, 6) is -2.64. The molecule has 0 saturated heterocycles. The van der Waals surface area contributed by atoms with Crippen LogP contribution in [-0.4, -0.2) is 36.2 Å². The van der Waals surface area contributed by atoms with Gasteiger partial charge in [-0.1, -0.05) is 13.8 Å². The normalized spacial score (nSPS) is 10.0. The Morgan fingerprint density at radius 2 is 1.52 bits per heavy atom. The quantitative estimate of drug-likeness (QED) is 0.777. The highest BCUT2D eigenvalue weighted by atomic mass is 16.5. The van der Waals surface area contributed by atoms with Crippen molar-refractivity contribution >= 4 is 17.9 Å². The number of esters is 2. The zero-order valence-corrected chi connectivity index (χ0v) is 12.0. The van der Waals surface area contributed by atoms with Crippen LogP contribution in [0.25, 0.3) is 0 Å². The summed E-state index contributed by atoms with van der Waals surface area (Å²) in [4.78, 5) is 34.7. The van der Waals surface area contributed by atoms with Gasteiger partial charge in [0.05, 0.1) is 29.9 Å². The van der Waals surface area contributed by atoms with Gasteiger partial charge in [0.2, 0.25) is 0 Å². The molecular formula is C15H18O6. The van der Waals surface area contributed by atoms with Crippen LogP contribution >= 0.6 is 0 Å². The minimum Gasteiger partial charge on any atom is -0.478 e. The third-order valence-electron chi connectivity index (χ3n) is 2.58. The van der Waals surface area contributed by atoms with Crippen molar-refractivity contribution in [3.05, 3.63) is 34.9 Å². The summed E-state index contributed by atoms with van der Waals surface area (Å²) in [5, 5.41) is 9.16. The maximum atomic E-state index is 11.8. The second kappa shape index (κ2) is 8.04. The topological polar surface area (TPSA) is 89.9 Å². The van der Waals surface area contributed by atoms with Crippen LogP contribution in [-0.2, 0) is 9.47 Å². The van der Waals surface area contributed by atoms with Crippen molar-refractivity contribution in [1.29, 1.82) is 0 Å². The van der Waals surface area contributed by atoms with E-state index in [2.05, 4.69) is 0 Å². The molecule has 0 radical (unpaired) electrons. The average molecular weight is 294 g/mol. The molecule has 0 aliphatic rings. The Hall–Kier alpha value is -2.37. The first kappa shape index (κ1) is 16.7. The lowest BCUT2D eigenvalue weighted by atomic mass is 10.0. The summed E-state index contributed by atoms with van der Waals surface area (Å²) < 4.78 is 9.84. The fourth-order valence-electron chi connectivity index (χ4n) is 1.58. The summed E-state index contributed by atoms with van der Waals surface area (Å²) in [6.45, 7) is 4.14. The van der Waals surface area contributed by atoms with Crippen LogP contribution in [0.4, 0.5) is 0 Å². The first-order chi connectivity index (χ1) is 10.0. The van der Waals surface area contributed by atoms with Gasteiger partial charge in [-0.25, -0.2) is 14.4 Å². The first-order valence-electron chi connectivity index (χ1n) is 6.72. The molecule has 0 fully saturated rings. The first-order valence-corrected chi connectivity index (χ1v) is 6.72. The van der Waals surface area contributed by atoms with Crippen molar-refractivity contribution in [2.24, 2.45) is 0 Å². The number of rotatable bonds is 7. The largest absolute Gasteiger partial charge is 0.478 e. The summed E-state index contributed by atoms with van der Waals surface area (Å²) in [5.41, 5.74) is -0.266. The van der Waals surface area contributed by atoms with Crippen molar-refractivity contribution in [3.8, 4) is 0 Å². The number of carbonyl (C=O) groups excluding carboxylic acids is 2. The zero-order valence-electron chi connectivity index (χ0n) is 12.0. The Balaban J connectivity index is 3.04. The lowest BCUT2D eigenvalue weighted by Gasteiger charge is -2.08. The van der Waals surface area contributed by atoms with Crippen molar-refractivity contribution in [3.63, 3.8) is 0 Å². The second-order valence-corrected chi connectivity index (χ2v) is 4.34. The number of hydrogen-bond donors (Lipinski definition) is 1. The Kier molecular flexibility index (Phi) is 6.39. The fourth-order valence-corrected chi connectivity index (χ4v) is 1.58. The molecule has 0 aliphatic heterocycles. The van der Waals surface area contributed by atoms with Crippen LogP contribution in [0.3, 0.4) is 0 Å². The van der Waals surface area contributed by atoms with Crippen LogP contribution < -0.4 is 0 Å². The lowest BCUT2D eigenvalue weighted by Crippen LogP contribution is -2.14. The fraction of sp³-hybridized carbons (Fsp3) is 0.400. The number of carbonyl (C=O) groups is 3. The molecule has 0 spiro atoms. The van der Waals surface area contributed by atoms with Gasteiger partial charge in [0.1, 0.15) is 0 Å². The SMILES string of the molecule is CCCOC(=O)c1ccc(C(=O)OCCC)c(C(=O)O)c1. The van der Waals surface area contributed by atoms with E-state index in [4.69, 9.17) is 14.6 Å². The monoisotopic (exact) mass is 294 g/mol. The number of carboxylic acid groups (broad SMARTS) is 1. The van der Waals surface area contributed by atoms with Crippen molar-refractivity contribution in [2.45, 2.75) is 26.7 Å². The number of benzene rings is 1. The molecule has 1 rings (SSSR count). The van der Waals surface area contributed by atoms with Crippen molar-refractivity contribution in [1.82, 2.24) is 0 Å². The van der Waals surface area contributed by atoms with Gasteiger partial charge in [-0.3, -0.25) is 0 Å². The predicted octanol–water partition coefficient (Wildman–Crippen LogP) is 2.52. The van der Waals surface area contributed by atoms with Crippen molar-refractivity contribution in [2.75, 3.05) is 13.2 Å². The van der Waals surface area contributed by atoms with E-state index < -0.39 is 17.9 Å². The zero-order chi connectivity index (χ0) is 15.8. The molecule has 6 heteroatoms. The highest BCUT2D eigenvalue weighted by Gasteiger charge is 2.20. The minimum absolute atomic E-state index is 0.0806. The van der Waals surface area contributed by atoms with Crippen LogP contribution in [0.1, 0.15) is 57.8 Å². The maximum Gasteiger partial charge on any atom is 0.339 e. The summed E-state index contributed by atoms with van der Waals surface area (Å²) in [6, 6.07) is 3.75. The number of aromatic carboxylic acids is 1. The molecule has 1 aromatic carbocycles. The molecule has 0 unspecified atom stereocenters. The van der Waals surface area contributed by atoms with Crippen LogP contribution in [0, 0.1) is 0 Å². The standard InChI is InChI=1S/C15H18O6/c1-3-7-20-14(18)10-5-6-11(12(9-10)13(16)17)15(19)21-8-4-2/h5-6,9H,3-4,7-8H2,1-2H3,(H,16,17). The molecule has 0 atom stereocenters. The highest BCUT2D eigenvalue weighted by Crippen LogP contribution is 2.15. The Morgan fingerprint density at radius 3 is 2.05 bits per heavy atom. The lowest BCUT2D eigenvalue weighted by molar-refractivity contribution is 0.0484.